The molecule has 1 N–H and O–H groups in total. The van der Waals surface area contributed by atoms with Gasteiger partial charge in [0.15, 0.2) is 0 Å². The van der Waals surface area contributed by atoms with Crippen molar-refractivity contribution in [2.75, 3.05) is 27.2 Å². The van der Waals surface area contributed by atoms with E-state index in [9.17, 15) is 0 Å². The van der Waals surface area contributed by atoms with Crippen LogP contribution in [0.5, 0.6) is 0 Å². The SMILES string of the molecule is CCC(C)CN(C)CC(NC)c1ccccc1C. The topological polar surface area (TPSA) is 15.3 Å². The first-order chi connectivity index (χ1) is 8.58. The highest BCUT2D eigenvalue weighted by Gasteiger charge is 2.14. The number of nitrogens with one attached hydrogen (secondary N) is 1. The van der Waals surface area contributed by atoms with Crippen LogP contribution in [0.4, 0.5) is 0 Å². The molecule has 0 aromatic heterocycles. The zero-order valence-electron chi connectivity index (χ0n) is 12.5. The van der Waals surface area contributed by atoms with Gasteiger partial charge in [0.1, 0.15) is 0 Å². The maximum atomic E-state index is 3.44. The van der Waals surface area contributed by atoms with Gasteiger partial charge in [-0.2, -0.15) is 0 Å². The van der Waals surface area contributed by atoms with Crippen LogP contribution in [0.15, 0.2) is 24.3 Å². The van der Waals surface area contributed by atoms with Gasteiger partial charge in [-0.25, -0.2) is 0 Å². The van der Waals surface area contributed by atoms with E-state index in [1.807, 2.05) is 7.05 Å². The molecule has 18 heavy (non-hydrogen) atoms. The fraction of sp³-hybridized carbons (Fsp3) is 0.625. The van der Waals surface area contributed by atoms with Gasteiger partial charge in [0.05, 0.1) is 0 Å². The van der Waals surface area contributed by atoms with Crippen LogP contribution in [0.1, 0.15) is 37.4 Å². The summed E-state index contributed by atoms with van der Waals surface area (Å²) in [4.78, 5) is 2.43. The lowest BCUT2D eigenvalue weighted by Crippen LogP contribution is -2.34. The molecule has 0 saturated carbocycles. The third-order valence-corrected chi connectivity index (χ3v) is 3.73. The molecule has 0 aliphatic heterocycles. The Morgan fingerprint density at radius 1 is 1.22 bits per heavy atom. The summed E-state index contributed by atoms with van der Waals surface area (Å²) in [5.41, 5.74) is 2.78. The molecule has 0 fully saturated rings. The summed E-state index contributed by atoms with van der Waals surface area (Å²) in [6.07, 6.45) is 1.25. The van der Waals surface area contributed by atoms with Gasteiger partial charge >= 0.3 is 0 Å². The Morgan fingerprint density at radius 3 is 2.44 bits per heavy atom. The number of hydrogen-bond donors (Lipinski definition) is 1. The average Bonchev–Trinajstić information content (AvgIpc) is 2.36. The van der Waals surface area contributed by atoms with Crippen LogP contribution in [0.3, 0.4) is 0 Å². The molecule has 0 saturated heterocycles. The fourth-order valence-electron chi connectivity index (χ4n) is 2.37. The van der Waals surface area contributed by atoms with Crippen molar-refractivity contribution in [2.24, 2.45) is 5.92 Å². The van der Waals surface area contributed by atoms with Crippen molar-refractivity contribution in [3.05, 3.63) is 35.4 Å². The van der Waals surface area contributed by atoms with Gasteiger partial charge in [0.25, 0.3) is 0 Å². The van der Waals surface area contributed by atoms with Crippen molar-refractivity contribution in [3.63, 3.8) is 0 Å². The zero-order valence-corrected chi connectivity index (χ0v) is 12.5. The Bertz CT molecular complexity index is 349. The first kappa shape index (κ1) is 15.2. The minimum atomic E-state index is 0.417. The Hall–Kier alpha value is -0.860. The van der Waals surface area contributed by atoms with Gasteiger partial charge in [-0.15, -0.1) is 0 Å². The van der Waals surface area contributed by atoms with E-state index in [4.69, 9.17) is 0 Å². The van der Waals surface area contributed by atoms with E-state index in [2.05, 4.69) is 62.3 Å². The van der Waals surface area contributed by atoms with Gasteiger partial charge in [-0.05, 0) is 38.1 Å². The first-order valence-corrected chi connectivity index (χ1v) is 6.99. The molecule has 1 aromatic carbocycles. The number of aryl methyl sites for hydroxylation is 1. The Balaban J connectivity index is 2.65. The molecule has 0 aliphatic rings. The van der Waals surface area contributed by atoms with Crippen molar-refractivity contribution in [3.8, 4) is 0 Å². The molecule has 0 spiro atoms. The predicted molar refractivity (Wildman–Crippen MR) is 79.9 cm³/mol. The summed E-state index contributed by atoms with van der Waals surface area (Å²) in [5, 5.41) is 3.44. The lowest BCUT2D eigenvalue weighted by molar-refractivity contribution is 0.256. The lowest BCUT2D eigenvalue weighted by Gasteiger charge is -2.27. The zero-order chi connectivity index (χ0) is 13.5. The standard InChI is InChI=1S/C16H28N2/c1-6-13(2)11-18(5)12-16(17-4)15-10-8-7-9-14(15)3/h7-10,13,16-17H,6,11-12H2,1-5H3. The van der Waals surface area contributed by atoms with E-state index in [0.717, 1.165) is 12.5 Å². The number of rotatable bonds is 7. The highest BCUT2D eigenvalue weighted by Crippen LogP contribution is 2.18. The molecule has 2 atom stereocenters. The molecule has 2 unspecified atom stereocenters. The molecule has 0 bridgehead atoms. The predicted octanol–water partition coefficient (Wildman–Crippen LogP) is 3.23. The van der Waals surface area contributed by atoms with Gasteiger partial charge in [-0.1, -0.05) is 44.5 Å². The smallest absolute Gasteiger partial charge is 0.0449 e. The molecule has 1 rings (SSSR count). The van der Waals surface area contributed by atoms with E-state index < -0.39 is 0 Å². The summed E-state index contributed by atoms with van der Waals surface area (Å²) in [6, 6.07) is 9.07. The van der Waals surface area contributed by atoms with Crippen LogP contribution in [-0.2, 0) is 0 Å². The normalized spacial score (nSPS) is 14.8. The molecule has 0 radical (unpaired) electrons. The molecule has 0 heterocycles. The minimum absolute atomic E-state index is 0.417. The molecule has 1 aromatic rings. The van der Waals surface area contributed by atoms with Crippen LogP contribution >= 0.6 is 0 Å². The fourth-order valence-corrected chi connectivity index (χ4v) is 2.37. The number of likely N-dealkylation sites (N-methyl/N-ethyl adjacent to an activating group) is 2. The van der Waals surface area contributed by atoms with Gasteiger partial charge < -0.3 is 10.2 Å². The average molecular weight is 248 g/mol. The Morgan fingerprint density at radius 2 is 1.89 bits per heavy atom. The lowest BCUT2D eigenvalue weighted by atomic mass is 10.0. The van der Waals surface area contributed by atoms with Crippen molar-refractivity contribution in [1.82, 2.24) is 10.2 Å². The van der Waals surface area contributed by atoms with E-state index in [1.54, 1.807) is 0 Å². The number of benzene rings is 1. The van der Waals surface area contributed by atoms with Crippen LogP contribution in [0.25, 0.3) is 0 Å². The molecule has 102 valence electrons. The molecular weight excluding hydrogens is 220 g/mol. The van der Waals surface area contributed by atoms with Gasteiger partial charge in [0, 0.05) is 19.1 Å². The Kier molecular flexibility index (Phi) is 6.37. The largest absolute Gasteiger partial charge is 0.312 e. The third kappa shape index (κ3) is 4.43. The Labute approximate surface area is 112 Å². The van der Waals surface area contributed by atoms with Crippen LogP contribution in [-0.4, -0.2) is 32.1 Å². The second-order valence-corrected chi connectivity index (χ2v) is 5.43. The molecular formula is C16H28N2. The summed E-state index contributed by atoms with van der Waals surface area (Å²) < 4.78 is 0. The molecule has 2 heteroatoms. The molecule has 0 amide bonds. The third-order valence-electron chi connectivity index (χ3n) is 3.73. The second kappa shape index (κ2) is 7.55. The summed E-state index contributed by atoms with van der Waals surface area (Å²) in [6.45, 7) is 8.99. The maximum absolute atomic E-state index is 3.44. The van der Waals surface area contributed by atoms with Crippen LogP contribution in [0.2, 0.25) is 0 Å². The highest BCUT2D eigenvalue weighted by atomic mass is 15.1. The second-order valence-electron chi connectivity index (χ2n) is 5.43. The van der Waals surface area contributed by atoms with E-state index in [0.29, 0.717) is 6.04 Å². The molecule has 2 nitrogen and oxygen atoms in total. The van der Waals surface area contributed by atoms with Crippen molar-refractivity contribution in [1.29, 1.82) is 0 Å². The number of nitrogens with zero attached hydrogens (tertiary/aromatic N) is 1. The van der Waals surface area contributed by atoms with E-state index >= 15 is 0 Å². The van der Waals surface area contributed by atoms with Crippen molar-refractivity contribution in [2.45, 2.75) is 33.2 Å². The highest BCUT2D eigenvalue weighted by molar-refractivity contribution is 5.28. The summed E-state index contributed by atoms with van der Waals surface area (Å²) in [5.74, 6) is 0.768. The first-order valence-electron chi connectivity index (χ1n) is 6.99. The monoisotopic (exact) mass is 248 g/mol. The van der Waals surface area contributed by atoms with E-state index in [-0.39, 0.29) is 0 Å². The van der Waals surface area contributed by atoms with E-state index in [1.165, 1.54) is 24.1 Å². The van der Waals surface area contributed by atoms with Crippen LogP contribution < -0.4 is 5.32 Å². The van der Waals surface area contributed by atoms with Crippen molar-refractivity contribution >= 4 is 0 Å². The van der Waals surface area contributed by atoms with Gasteiger partial charge in [0.2, 0.25) is 0 Å². The number of hydrogen-bond acceptors (Lipinski definition) is 2. The quantitative estimate of drug-likeness (QED) is 0.797. The summed E-state index contributed by atoms with van der Waals surface area (Å²) >= 11 is 0. The summed E-state index contributed by atoms with van der Waals surface area (Å²) in [7, 11) is 4.27. The maximum Gasteiger partial charge on any atom is 0.0449 e. The van der Waals surface area contributed by atoms with Crippen LogP contribution in [0, 0.1) is 12.8 Å². The van der Waals surface area contributed by atoms with Crippen molar-refractivity contribution < 1.29 is 0 Å². The van der Waals surface area contributed by atoms with Gasteiger partial charge in [-0.3, -0.25) is 0 Å². The molecule has 0 aliphatic carbocycles. The minimum Gasteiger partial charge on any atom is -0.312 e.